The molecule has 0 amide bonds. The zero-order valence-corrected chi connectivity index (χ0v) is 7.40. The fourth-order valence-corrected chi connectivity index (χ4v) is 1.17. The number of nitriles is 1. The van der Waals surface area contributed by atoms with Crippen LogP contribution >= 0.6 is 0 Å². The first-order chi connectivity index (χ1) is 6.90. The Labute approximate surface area is 81.3 Å². The van der Waals surface area contributed by atoms with Gasteiger partial charge in [-0.25, -0.2) is 0 Å². The maximum absolute atomic E-state index is 8.74. The summed E-state index contributed by atoms with van der Waals surface area (Å²) < 4.78 is 5.13. The van der Waals surface area contributed by atoms with Crippen LogP contribution in [0.4, 0.5) is 0 Å². The van der Waals surface area contributed by atoms with Crippen molar-refractivity contribution in [2.75, 3.05) is 0 Å². The molecule has 1 N–H and O–H groups in total. The Kier molecular flexibility index (Phi) is 2.20. The molecule has 0 fully saturated rings. The quantitative estimate of drug-likeness (QED) is 0.779. The van der Waals surface area contributed by atoms with Crippen LogP contribution in [-0.4, -0.2) is 4.98 Å². The Hall–Kier alpha value is -2.21. The van der Waals surface area contributed by atoms with Gasteiger partial charge in [0.15, 0.2) is 0 Å². The largest absolute Gasteiger partial charge is 0.465 e. The van der Waals surface area contributed by atoms with Gasteiger partial charge in [0.05, 0.1) is 11.8 Å². The van der Waals surface area contributed by atoms with Gasteiger partial charge < -0.3 is 9.40 Å². The molecule has 0 aliphatic heterocycles. The molecule has 0 bridgehead atoms. The number of hydrogen-bond acceptors (Lipinski definition) is 2. The van der Waals surface area contributed by atoms with Gasteiger partial charge in [0.25, 0.3) is 0 Å². The Morgan fingerprint density at radius 3 is 3.00 bits per heavy atom. The van der Waals surface area contributed by atoms with Gasteiger partial charge >= 0.3 is 0 Å². The van der Waals surface area contributed by atoms with E-state index in [-0.39, 0.29) is 0 Å². The number of aromatic nitrogens is 1. The van der Waals surface area contributed by atoms with Crippen molar-refractivity contribution in [1.82, 2.24) is 4.98 Å². The molecule has 0 saturated carbocycles. The molecule has 0 radical (unpaired) electrons. The van der Waals surface area contributed by atoms with E-state index in [1.165, 1.54) is 0 Å². The number of aromatic amines is 1. The summed E-state index contributed by atoms with van der Waals surface area (Å²) >= 11 is 0. The van der Waals surface area contributed by atoms with E-state index in [1.54, 1.807) is 18.7 Å². The van der Waals surface area contributed by atoms with Crippen molar-refractivity contribution < 1.29 is 4.42 Å². The maximum Gasteiger partial charge on any atom is 0.126 e. The fourth-order valence-electron chi connectivity index (χ4n) is 1.17. The number of nitrogens with zero attached hydrogens (tertiary/aromatic N) is 1. The minimum Gasteiger partial charge on any atom is -0.465 e. The first-order valence-corrected chi connectivity index (χ1v) is 4.18. The lowest BCUT2D eigenvalue weighted by Crippen LogP contribution is -1.71. The van der Waals surface area contributed by atoms with Gasteiger partial charge in [-0.3, -0.25) is 0 Å². The molecule has 3 heteroatoms. The van der Waals surface area contributed by atoms with Crippen molar-refractivity contribution in [2.45, 2.75) is 0 Å². The Balaban J connectivity index is 2.23. The number of H-pyrrole nitrogens is 1. The van der Waals surface area contributed by atoms with E-state index < -0.39 is 0 Å². The minimum atomic E-state index is 0.632. The monoisotopic (exact) mass is 184 g/mol. The SMILES string of the molecule is N#Cc1c[nH]cc1C=Cc1ccco1. The summed E-state index contributed by atoms with van der Waals surface area (Å²) in [5, 5.41) is 8.74. The lowest BCUT2D eigenvalue weighted by Gasteiger charge is -1.85. The molecule has 0 spiro atoms. The van der Waals surface area contributed by atoms with Crippen molar-refractivity contribution >= 4 is 12.2 Å². The van der Waals surface area contributed by atoms with E-state index in [0.717, 1.165) is 11.3 Å². The van der Waals surface area contributed by atoms with E-state index in [9.17, 15) is 0 Å². The van der Waals surface area contributed by atoms with Crippen LogP contribution in [0.2, 0.25) is 0 Å². The van der Waals surface area contributed by atoms with Crippen LogP contribution in [0, 0.1) is 11.3 Å². The number of furan rings is 1. The molecular weight excluding hydrogens is 176 g/mol. The average Bonchev–Trinajstić information content (AvgIpc) is 2.85. The van der Waals surface area contributed by atoms with Gasteiger partial charge in [0.1, 0.15) is 11.8 Å². The summed E-state index contributed by atoms with van der Waals surface area (Å²) in [4.78, 5) is 2.88. The molecule has 2 rings (SSSR count). The molecule has 0 unspecified atom stereocenters. The van der Waals surface area contributed by atoms with E-state index >= 15 is 0 Å². The molecule has 3 nitrogen and oxygen atoms in total. The molecule has 0 saturated heterocycles. The summed E-state index contributed by atoms with van der Waals surface area (Å²) in [6.45, 7) is 0. The van der Waals surface area contributed by atoms with Crippen LogP contribution < -0.4 is 0 Å². The highest BCUT2D eigenvalue weighted by molar-refractivity contribution is 5.70. The third-order valence-corrected chi connectivity index (χ3v) is 1.87. The van der Waals surface area contributed by atoms with Gasteiger partial charge in [0, 0.05) is 18.0 Å². The van der Waals surface area contributed by atoms with E-state index in [4.69, 9.17) is 9.68 Å². The lowest BCUT2D eigenvalue weighted by molar-refractivity contribution is 0.557. The van der Waals surface area contributed by atoms with Crippen LogP contribution in [0.15, 0.2) is 35.2 Å². The Morgan fingerprint density at radius 2 is 2.29 bits per heavy atom. The van der Waals surface area contributed by atoms with Crippen LogP contribution in [-0.2, 0) is 0 Å². The Morgan fingerprint density at radius 1 is 1.36 bits per heavy atom. The van der Waals surface area contributed by atoms with Crippen LogP contribution in [0.3, 0.4) is 0 Å². The van der Waals surface area contributed by atoms with Gasteiger partial charge in [-0.15, -0.1) is 0 Å². The number of rotatable bonds is 2. The van der Waals surface area contributed by atoms with Gasteiger partial charge in [0.2, 0.25) is 0 Å². The first kappa shape index (κ1) is 8.39. The van der Waals surface area contributed by atoms with E-state index in [0.29, 0.717) is 5.56 Å². The van der Waals surface area contributed by atoms with Crippen molar-refractivity contribution in [2.24, 2.45) is 0 Å². The average molecular weight is 184 g/mol. The fraction of sp³-hybridized carbons (Fsp3) is 0. The highest BCUT2D eigenvalue weighted by Gasteiger charge is 1.97. The zero-order valence-electron chi connectivity index (χ0n) is 7.40. The minimum absolute atomic E-state index is 0.632. The van der Waals surface area contributed by atoms with Crippen molar-refractivity contribution in [3.8, 4) is 6.07 Å². The summed E-state index contributed by atoms with van der Waals surface area (Å²) in [7, 11) is 0. The predicted molar refractivity (Wildman–Crippen MR) is 53.1 cm³/mol. The number of nitrogens with one attached hydrogen (secondary N) is 1. The summed E-state index contributed by atoms with van der Waals surface area (Å²) in [6.07, 6.45) is 8.72. The molecule has 0 aliphatic rings. The molecule has 0 aromatic carbocycles. The van der Waals surface area contributed by atoms with Gasteiger partial charge in [-0.05, 0) is 24.3 Å². The standard InChI is InChI=1S/C11H8N2O/c12-6-10-8-13-7-9(10)3-4-11-2-1-5-14-11/h1-5,7-8,13H. The van der Waals surface area contributed by atoms with E-state index in [2.05, 4.69) is 11.1 Å². The van der Waals surface area contributed by atoms with Crippen molar-refractivity contribution in [3.63, 3.8) is 0 Å². The third-order valence-electron chi connectivity index (χ3n) is 1.87. The molecular formula is C11H8N2O. The highest BCUT2D eigenvalue weighted by Crippen LogP contribution is 2.11. The van der Waals surface area contributed by atoms with Gasteiger partial charge in [-0.1, -0.05) is 0 Å². The predicted octanol–water partition coefficient (Wildman–Crippen LogP) is 2.65. The second kappa shape index (κ2) is 3.67. The second-order valence-corrected chi connectivity index (χ2v) is 2.78. The summed E-state index contributed by atoms with van der Waals surface area (Å²) in [5.74, 6) is 0.773. The van der Waals surface area contributed by atoms with Crippen LogP contribution in [0.5, 0.6) is 0 Å². The topological polar surface area (TPSA) is 52.7 Å². The molecule has 68 valence electrons. The van der Waals surface area contributed by atoms with Crippen molar-refractivity contribution in [3.05, 3.63) is 47.7 Å². The van der Waals surface area contributed by atoms with Crippen molar-refractivity contribution in [1.29, 1.82) is 5.26 Å². The second-order valence-electron chi connectivity index (χ2n) is 2.78. The molecule has 2 heterocycles. The lowest BCUT2D eigenvalue weighted by atomic mass is 10.2. The van der Waals surface area contributed by atoms with E-state index in [1.807, 2.05) is 24.3 Å². The maximum atomic E-state index is 8.74. The summed E-state index contributed by atoms with van der Waals surface area (Å²) in [5.41, 5.74) is 1.50. The number of hydrogen-bond donors (Lipinski definition) is 1. The molecule has 0 aliphatic carbocycles. The normalized spacial score (nSPS) is 10.5. The Bertz CT molecular complexity index is 472. The molecule has 0 atom stereocenters. The first-order valence-electron chi connectivity index (χ1n) is 4.18. The third kappa shape index (κ3) is 1.59. The molecule has 14 heavy (non-hydrogen) atoms. The molecule has 2 aromatic rings. The highest BCUT2D eigenvalue weighted by atomic mass is 16.3. The van der Waals surface area contributed by atoms with Crippen LogP contribution in [0.25, 0.3) is 12.2 Å². The summed E-state index contributed by atoms with van der Waals surface area (Å²) in [6, 6.07) is 5.77. The van der Waals surface area contributed by atoms with Gasteiger partial charge in [-0.2, -0.15) is 5.26 Å². The van der Waals surface area contributed by atoms with Crippen LogP contribution in [0.1, 0.15) is 16.9 Å². The molecule has 2 aromatic heterocycles. The zero-order chi connectivity index (χ0) is 9.80. The smallest absolute Gasteiger partial charge is 0.126 e.